The van der Waals surface area contributed by atoms with Crippen LogP contribution in [0.25, 0.3) is 0 Å². The Morgan fingerprint density at radius 3 is 2.18 bits per heavy atom. The van der Waals surface area contributed by atoms with E-state index in [0.29, 0.717) is 12.1 Å². The van der Waals surface area contributed by atoms with E-state index >= 15 is 0 Å². The molecule has 94 valence electrons. The molecule has 1 N–H and O–H groups in total. The first-order chi connectivity index (χ1) is 7.53. The lowest BCUT2D eigenvalue weighted by Crippen LogP contribution is -2.09. The van der Waals surface area contributed by atoms with Gasteiger partial charge in [0.1, 0.15) is 0 Å². The molecule has 0 saturated heterocycles. The van der Waals surface area contributed by atoms with Crippen molar-refractivity contribution in [3.05, 3.63) is 33.9 Å². The zero-order valence-corrected chi connectivity index (χ0v) is 8.62. The summed E-state index contributed by atoms with van der Waals surface area (Å²) in [4.78, 5) is 7.90. The molecule has 0 atom stereocenters. The maximum atomic E-state index is 12.2. The topological polar surface area (TPSA) is 97.5 Å². The van der Waals surface area contributed by atoms with Crippen molar-refractivity contribution >= 4 is 15.8 Å². The van der Waals surface area contributed by atoms with Crippen molar-refractivity contribution in [1.82, 2.24) is 0 Å². The quantitative estimate of drug-likeness (QED) is 0.503. The van der Waals surface area contributed by atoms with Crippen molar-refractivity contribution in [3.8, 4) is 0 Å². The molecule has 0 bridgehead atoms. The van der Waals surface area contributed by atoms with Crippen molar-refractivity contribution < 1.29 is 31.1 Å². The summed E-state index contributed by atoms with van der Waals surface area (Å²) in [6.07, 6.45) is -4.84. The van der Waals surface area contributed by atoms with Crippen molar-refractivity contribution in [2.75, 3.05) is 0 Å². The van der Waals surface area contributed by atoms with Crippen LogP contribution in [0.15, 0.2) is 23.1 Å². The van der Waals surface area contributed by atoms with Crippen molar-refractivity contribution in [3.63, 3.8) is 0 Å². The maximum absolute atomic E-state index is 12.2. The van der Waals surface area contributed by atoms with E-state index in [1.807, 2.05) is 0 Å². The van der Waals surface area contributed by atoms with E-state index in [2.05, 4.69) is 0 Å². The van der Waals surface area contributed by atoms with Crippen LogP contribution in [0.1, 0.15) is 5.56 Å². The van der Waals surface area contributed by atoms with Gasteiger partial charge in [0.2, 0.25) is 0 Å². The fourth-order valence-corrected chi connectivity index (χ4v) is 1.69. The Labute approximate surface area is 92.6 Å². The standard InChI is InChI=1S/C7H4F3NO5S/c8-7(9,10)4-1-2-6(17(14,15)16)5(3-4)11(12)13/h1-3H,(H,14,15,16). The summed E-state index contributed by atoms with van der Waals surface area (Å²) in [7, 11) is -4.95. The molecule has 0 radical (unpaired) electrons. The molecule has 0 heterocycles. The summed E-state index contributed by atoms with van der Waals surface area (Å²) in [6, 6.07) is 0.704. The SMILES string of the molecule is O=[N+]([O-])c1cc(C(F)(F)F)ccc1S(=O)(=O)O. The predicted octanol–water partition coefficient (Wildman–Crippen LogP) is 1.86. The summed E-state index contributed by atoms with van der Waals surface area (Å²) in [6.45, 7) is 0. The second kappa shape index (κ2) is 3.96. The highest BCUT2D eigenvalue weighted by Crippen LogP contribution is 2.34. The van der Waals surface area contributed by atoms with Gasteiger partial charge >= 0.3 is 16.3 Å². The van der Waals surface area contributed by atoms with Crippen LogP contribution in [0.5, 0.6) is 0 Å². The second-order valence-electron chi connectivity index (χ2n) is 2.91. The number of nitrogens with zero attached hydrogens (tertiary/aromatic N) is 1. The van der Waals surface area contributed by atoms with E-state index in [9.17, 15) is 31.7 Å². The lowest BCUT2D eigenvalue weighted by molar-refractivity contribution is -0.388. The van der Waals surface area contributed by atoms with E-state index in [1.165, 1.54) is 0 Å². The summed E-state index contributed by atoms with van der Waals surface area (Å²) < 4.78 is 66.7. The van der Waals surface area contributed by atoms with Crippen LogP contribution < -0.4 is 0 Å². The number of hydrogen-bond donors (Lipinski definition) is 1. The summed E-state index contributed by atoms with van der Waals surface area (Å²) in [5, 5.41) is 10.4. The van der Waals surface area contributed by atoms with Crippen LogP contribution in [-0.2, 0) is 16.3 Å². The van der Waals surface area contributed by atoms with Gasteiger partial charge in [-0.2, -0.15) is 21.6 Å². The van der Waals surface area contributed by atoms with Gasteiger partial charge in [-0.25, -0.2) is 0 Å². The van der Waals surface area contributed by atoms with E-state index in [-0.39, 0.29) is 6.07 Å². The average Bonchev–Trinajstić information content (AvgIpc) is 2.14. The number of benzene rings is 1. The average molecular weight is 271 g/mol. The first kappa shape index (κ1) is 13.4. The molecule has 0 spiro atoms. The fourth-order valence-electron chi connectivity index (χ4n) is 1.05. The summed E-state index contributed by atoms with van der Waals surface area (Å²) >= 11 is 0. The highest BCUT2D eigenvalue weighted by molar-refractivity contribution is 7.86. The molecule has 0 saturated carbocycles. The number of rotatable bonds is 2. The van der Waals surface area contributed by atoms with Crippen LogP contribution in [0, 0.1) is 10.1 Å². The predicted molar refractivity (Wildman–Crippen MR) is 47.9 cm³/mol. The molecule has 0 aromatic heterocycles. The highest BCUT2D eigenvalue weighted by Gasteiger charge is 2.34. The first-order valence-electron chi connectivity index (χ1n) is 3.86. The minimum absolute atomic E-state index is 0.0447. The normalized spacial score (nSPS) is 12.5. The molecule has 1 aromatic rings. The van der Waals surface area contributed by atoms with Gasteiger partial charge in [0.15, 0.2) is 4.90 Å². The zero-order valence-electron chi connectivity index (χ0n) is 7.80. The van der Waals surface area contributed by atoms with Gasteiger partial charge in [0.25, 0.3) is 5.69 Å². The Kier molecular flexibility index (Phi) is 3.12. The smallest absolute Gasteiger partial charge is 0.282 e. The maximum Gasteiger partial charge on any atom is 0.416 e. The molecule has 0 amide bonds. The third-order valence-electron chi connectivity index (χ3n) is 1.76. The van der Waals surface area contributed by atoms with Gasteiger partial charge in [-0.1, -0.05) is 0 Å². The Morgan fingerprint density at radius 2 is 1.82 bits per heavy atom. The van der Waals surface area contributed by atoms with Crippen molar-refractivity contribution in [1.29, 1.82) is 0 Å². The zero-order chi connectivity index (χ0) is 13.4. The molecule has 1 aromatic carbocycles. The Bertz CT molecular complexity index is 565. The minimum atomic E-state index is -4.95. The number of nitro benzene ring substituents is 1. The molecule has 10 heteroatoms. The van der Waals surface area contributed by atoms with Crippen molar-refractivity contribution in [2.24, 2.45) is 0 Å². The third kappa shape index (κ3) is 2.91. The molecule has 0 aliphatic rings. The Hall–Kier alpha value is -1.68. The van der Waals surface area contributed by atoms with Crippen LogP contribution in [0.2, 0.25) is 0 Å². The van der Waals surface area contributed by atoms with Gasteiger partial charge < -0.3 is 0 Å². The van der Waals surface area contributed by atoms with Crippen LogP contribution in [0.3, 0.4) is 0 Å². The van der Waals surface area contributed by atoms with E-state index in [0.717, 1.165) is 0 Å². The van der Waals surface area contributed by atoms with Gasteiger partial charge in [-0.3, -0.25) is 14.7 Å². The number of halogens is 3. The minimum Gasteiger partial charge on any atom is -0.282 e. The monoisotopic (exact) mass is 271 g/mol. The van der Waals surface area contributed by atoms with Crippen LogP contribution in [-0.4, -0.2) is 17.9 Å². The molecule has 0 aliphatic carbocycles. The molecule has 0 unspecified atom stereocenters. The number of hydrogen-bond acceptors (Lipinski definition) is 4. The molecule has 0 aliphatic heterocycles. The van der Waals surface area contributed by atoms with E-state index in [4.69, 9.17) is 4.55 Å². The Morgan fingerprint density at radius 1 is 1.29 bits per heavy atom. The highest BCUT2D eigenvalue weighted by atomic mass is 32.2. The number of alkyl halides is 3. The van der Waals surface area contributed by atoms with Gasteiger partial charge in [0.05, 0.1) is 10.5 Å². The number of nitro groups is 1. The van der Waals surface area contributed by atoms with Crippen molar-refractivity contribution in [2.45, 2.75) is 11.1 Å². The van der Waals surface area contributed by atoms with E-state index < -0.39 is 37.4 Å². The molecule has 6 nitrogen and oxygen atoms in total. The molecular formula is C7H4F3NO5S. The fraction of sp³-hybridized carbons (Fsp3) is 0.143. The molecular weight excluding hydrogens is 267 g/mol. The lowest BCUT2D eigenvalue weighted by atomic mass is 10.2. The summed E-state index contributed by atoms with van der Waals surface area (Å²) in [5.41, 5.74) is -2.71. The first-order valence-corrected chi connectivity index (χ1v) is 5.30. The summed E-state index contributed by atoms with van der Waals surface area (Å²) in [5.74, 6) is 0. The van der Waals surface area contributed by atoms with Crippen LogP contribution >= 0.6 is 0 Å². The molecule has 1 rings (SSSR count). The molecule has 17 heavy (non-hydrogen) atoms. The van der Waals surface area contributed by atoms with Crippen LogP contribution in [0.4, 0.5) is 18.9 Å². The second-order valence-corrected chi connectivity index (χ2v) is 4.30. The molecule has 0 fully saturated rings. The van der Waals surface area contributed by atoms with Gasteiger partial charge in [-0.15, -0.1) is 0 Å². The van der Waals surface area contributed by atoms with Gasteiger partial charge in [0, 0.05) is 6.07 Å². The van der Waals surface area contributed by atoms with E-state index in [1.54, 1.807) is 0 Å². The third-order valence-corrected chi connectivity index (χ3v) is 2.66. The lowest BCUT2D eigenvalue weighted by Gasteiger charge is -2.07. The van der Waals surface area contributed by atoms with Gasteiger partial charge in [-0.05, 0) is 12.1 Å². The Balaban J connectivity index is 3.55. The largest absolute Gasteiger partial charge is 0.416 e.